The highest BCUT2D eigenvalue weighted by molar-refractivity contribution is 9.10. The zero-order chi connectivity index (χ0) is 11.8. The van der Waals surface area contributed by atoms with E-state index in [1.54, 1.807) is 0 Å². The highest BCUT2D eigenvalue weighted by Crippen LogP contribution is 2.20. The molecule has 2 nitrogen and oxygen atoms in total. The van der Waals surface area contributed by atoms with Gasteiger partial charge in [-0.15, -0.1) is 0 Å². The van der Waals surface area contributed by atoms with Gasteiger partial charge in [-0.1, -0.05) is 15.9 Å². The van der Waals surface area contributed by atoms with Crippen LogP contribution >= 0.6 is 31.9 Å². The summed E-state index contributed by atoms with van der Waals surface area (Å²) in [6.45, 7) is 0. The molecule has 0 saturated heterocycles. The summed E-state index contributed by atoms with van der Waals surface area (Å²) < 4.78 is 4.23. The Balaban J connectivity index is 2.14. The average molecular weight is 353 g/mol. The number of imidazole rings is 1. The second-order valence-electron chi connectivity index (χ2n) is 3.81. The van der Waals surface area contributed by atoms with Gasteiger partial charge in [-0.25, -0.2) is 9.38 Å². The number of benzene rings is 1. The van der Waals surface area contributed by atoms with Crippen LogP contribution in [0, 0.1) is 0 Å². The van der Waals surface area contributed by atoms with Crippen LogP contribution in [-0.4, -0.2) is 4.98 Å². The lowest BCUT2D eigenvalue weighted by atomic mass is 10.2. The predicted molar refractivity (Wildman–Crippen MR) is 74.8 cm³/mol. The highest BCUT2D eigenvalue weighted by Gasteiger charge is 2.10. The Morgan fingerprint density at radius 1 is 0.824 bits per heavy atom. The molecule has 0 bridgehead atoms. The number of aromatic nitrogens is 2. The van der Waals surface area contributed by atoms with Crippen LogP contribution in [0.3, 0.4) is 0 Å². The quantitative estimate of drug-likeness (QED) is 0.640. The maximum absolute atomic E-state index is 3.47. The largest absolute Gasteiger partial charge is 0.284 e. The van der Waals surface area contributed by atoms with Crippen LogP contribution in [0.25, 0.3) is 16.9 Å². The zero-order valence-electron chi connectivity index (χ0n) is 8.82. The fourth-order valence-corrected chi connectivity index (χ4v) is 2.41. The van der Waals surface area contributed by atoms with Crippen molar-refractivity contribution in [1.29, 1.82) is 0 Å². The van der Waals surface area contributed by atoms with Crippen molar-refractivity contribution < 1.29 is 4.40 Å². The molecule has 84 valence electrons. The van der Waals surface area contributed by atoms with E-state index in [4.69, 9.17) is 0 Å². The van der Waals surface area contributed by atoms with Crippen molar-refractivity contribution in [3.8, 4) is 11.3 Å². The van der Waals surface area contributed by atoms with E-state index >= 15 is 0 Å². The van der Waals surface area contributed by atoms with Gasteiger partial charge in [-0.2, -0.15) is 0 Å². The van der Waals surface area contributed by atoms with Crippen LogP contribution in [0.5, 0.6) is 0 Å². The van der Waals surface area contributed by atoms with E-state index in [1.165, 1.54) is 5.56 Å². The molecule has 17 heavy (non-hydrogen) atoms. The van der Waals surface area contributed by atoms with Gasteiger partial charge in [-0.05, 0) is 46.3 Å². The number of pyridine rings is 1. The first-order valence-corrected chi connectivity index (χ1v) is 6.76. The SMILES string of the molecule is Brc1ccc(-c2c[n+]3cc(Br)ccc3[nH]2)cc1. The Bertz CT molecular complexity index is 671. The van der Waals surface area contributed by atoms with Crippen LogP contribution in [0.15, 0.2) is 57.7 Å². The summed E-state index contributed by atoms with van der Waals surface area (Å²) in [6.07, 6.45) is 4.12. The molecule has 2 heterocycles. The van der Waals surface area contributed by atoms with Crippen LogP contribution in [0.4, 0.5) is 0 Å². The molecule has 0 spiro atoms. The van der Waals surface area contributed by atoms with E-state index < -0.39 is 0 Å². The second kappa shape index (κ2) is 4.27. The van der Waals surface area contributed by atoms with Crippen LogP contribution in [-0.2, 0) is 0 Å². The molecule has 3 rings (SSSR count). The van der Waals surface area contributed by atoms with Crippen LogP contribution in [0.1, 0.15) is 0 Å². The van der Waals surface area contributed by atoms with Crippen molar-refractivity contribution in [3.05, 3.63) is 57.7 Å². The minimum absolute atomic E-state index is 1.07. The Kier molecular flexibility index (Phi) is 2.76. The number of rotatable bonds is 1. The molecular formula is C13H9Br2N2+. The summed E-state index contributed by atoms with van der Waals surface area (Å²) in [5.74, 6) is 0. The molecule has 0 amide bonds. The zero-order valence-corrected chi connectivity index (χ0v) is 12.0. The minimum Gasteiger partial charge on any atom is -0.237 e. The number of fused-ring (bicyclic) bond motifs is 1. The predicted octanol–water partition coefficient (Wildman–Crippen LogP) is 3.95. The minimum atomic E-state index is 1.07. The lowest BCUT2D eigenvalue weighted by Crippen LogP contribution is -2.16. The Morgan fingerprint density at radius 2 is 1.53 bits per heavy atom. The van der Waals surface area contributed by atoms with E-state index in [9.17, 15) is 0 Å². The number of hydrogen-bond donors (Lipinski definition) is 1. The summed E-state index contributed by atoms with van der Waals surface area (Å²) in [5.41, 5.74) is 3.36. The number of hydrogen-bond acceptors (Lipinski definition) is 0. The van der Waals surface area contributed by atoms with Gasteiger partial charge in [0.15, 0.2) is 5.69 Å². The smallest absolute Gasteiger partial charge is 0.237 e. The van der Waals surface area contributed by atoms with Crippen LogP contribution in [0.2, 0.25) is 0 Å². The third kappa shape index (κ3) is 2.15. The molecule has 2 aromatic heterocycles. The second-order valence-corrected chi connectivity index (χ2v) is 5.65. The summed E-state index contributed by atoms with van der Waals surface area (Å²) in [5, 5.41) is 0. The third-order valence-electron chi connectivity index (χ3n) is 2.63. The van der Waals surface area contributed by atoms with E-state index in [1.807, 2.05) is 30.5 Å². The number of halogens is 2. The first kappa shape index (κ1) is 11.0. The van der Waals surface area contributed by atoms with Crippen molar-refractivity contribution in [2.45, 2.75) is 0 Å². The first-order valence-electron chi connectivity index (χ1n) is 5.18. The first-order chi connectivity index (χ1) is 8.22. The van der Waals surface area contributed by atoms with Crippen molar-refractivity contribution in [2.24, 2.45) is 0 Å². The molecule has 0 aliphatic rings. The topological polar surface area (TPSA) is 19.9 Å². The maximum atomic E-state index is 3.47. The number of aromatic amines is 1. The van der Waals surface area contributed by atoms with Crippen molar-refractivity contribution in [3.63, 3.8) is 0 Å². The van der Waals surface area contributed by atoms with Gasteiger partial charge in [0, 0.05) is 16.1 Å². The monoisotopic (exact) mass is 351 g/mol. The normalized spacial score (nSPS) is 10.9. The molecule has 0 atom stereocenters. The van der Waals surface area contributed by atoms with Crippen molar-refractivity contribution >= 4 is 37.5 Å². The van der Waals surface area contributed by atoms with Gasteiger partial charge >= 0.3 is 0 Å². The summed E-state index contributed by atoms with van der Waals surface area (Å²) in [7, 11) is 0. The van der Waals surface area contributed by atoms with E-state index in [0.717, 1.165) is 20.3 Å². The summed E-state index contributed by atoms with van der Waals surface area (Å²) in [4.78, 5) is 3.39. The fraction of sp³-hybridized carbons (Fsp3) is 0. The van der Waals surface area contributed by atoms with Gasteiger partial charge < -0.3 is 0 Å². The Hall–Kier alpha value is -1.13. The molecule has 4 heteroatoms. The van der Waals surface area contributed by atoms with Gasteiger partial charge in [-0.3, -0.25) is 0 Å². The van der Waals surface area contributed by atoms with Crippen LogP contribution < -0.4 is 4.40 Å². The molecule has 1 aromatic carbocycles. The third-order valence-corrected chi connectivity index (χ3v) is 3.62. The molecule has 3 aromatic rings. The van der Waals surface area contributed by atoms with Crippen molar-refractivity contribution in [1.82, 2.24) is 4.98 Å². The Morgan fingerprint density at radius 3 is 2.29 bits per heavy atom. The number of nitrogens with one attached hydrogen (secondary N) is 1. The van der Waals surface area contributed by atoms with E-state index in [2.05, 4.69) is 59.6 Å². The molecule has 0 unspecified atom stereocenters. The average Bonchev–Trinajstić information content (AvgIpc) is 2.72. The highest BCUT2D eigenvalue weighted by atomic mass is 79.9. The van der Waals surface area contributed by atoms with Gasteiger partial charge in [0.05, 0.1) is 4.47 Å². The van der Waals surface area contributed by atoms with E-state index in [-0.39, 0.29) is 0 Å². The van der Waals surface area contributed by atoms with Crippen molar-refractivity contribution in [2.75, 3.05) is 0 Å². The van der Waals surface area contributed by atoms with E-state index in [0.29, 0.717) is 0 Å². The lowest BCUT2D eigenvalue weighted by Gasteiger charge is -1.92. The number of H-pyrrole nitrogens is 1. The molecule has 0 radical (unpaired) electrons. The standard InChI is InChI=1S/C13H8Br2N2/c14-10-3-1-9(2-4-10)12-8-17-7-11(15)5-6-13(17)16-12/h1-8H/p+1. The molecule has 0 saturated carbocycles. The molecule has 0 fully saturated rings. The summed E-state index contributed by atoms with van der Waals surface area (Å²) >= 11 is 6.91. The number of nitrogens with zero attached hydrogens (tertiary/aromatic N) is 1. The maximum Gasteiger partial charge on any atom is 0.284 e. The summed E-state index contributed by atoms with van der Waals surface area (Å²) in [6, 6.07) is 12.3. The molecule has 0 aliphatic heterocycles. The van der Waals surface area contributed by atoms with Gasteiger partial charge in [0.2, 0.25) is 0 Å². The van der Waals surface area contributed by atoms with Gasteiger partial charge in [0.25, 0.3) is 5.65 Å². The molecule has 1 N–H and O–H groups in total. The fourth-order valence-electron chi connectivity index (χ4n) is 1.79. The van der Waals surface area contributed by atoms with Gasteiger partial charge in [0.1, 0.15) is 12.4 Å². The molecular weight excluding hydrogens is 344 g/mol. The molecule has 0 aliphatic carbocycles. The Labute approximate surface area is 116 Å². The lowest BCUT2D eigenvalue weighted by molar-refractivity contribution is -0.510.